The molecule has 6 heteroatoms. The first-order valence-corrected chi connectivity index (χ1v) is 8.16. The van der Waals surface area contributed by atoms with Gasteiger partial charge in [0.1, 0.15) is 11.5 Å². The lowest BCUT2D eigenvalue weighted by atomic mass is 10.0. The highest BCUT2D eigenvalue weighted by Crippen LogP contribution is 2.32. The Labute approximate surface area is 135 Å². The van der Waals surface area contributed by atoms with Gasteiger partial charge in [-0.1, -0.05) is 35.3 Å². The molecule has 1 heterocycles. The summed E-state index contributed by atoms with van der Waals surface area (Å²) in [5.41, 5.74) is 2.86. The summed E-state index contributed by atoms with van der Waals surface area (Å²) in [5, 5.41) is 0. The molecule has 0 aliphatic heterocycles. The van der Waals surface area contributed by atoms with Gasteiger partial charge in [-0.05, 0) is 29.8 Å². The third-order valence-electron chi connectivity index (χ3n) is 3.35. The van der Waals surface area contributed by atoms with Gasteiger partial charge in [0.2, 0.25) is 0 Å². The quantitative estimate of drug-likeness (QED) is 0.682. The van der Waals surface area contributed by atoms with Crippen LogP contribution in [0, 0.1) is 12.7 Å². The van der Waals surface area contributed by atoms with Crippen LogP contribution in [0.2, 0.25) is 0 Å². The number of halogens is 1. The van der Waals surface area contributed by atoms with Crippen molar-refractivity contribution in [3.05, 3.63) is 65.8 Å². The molecule has 1 unspecified atom stereocenters. The maximum atomic E-state index is 13.1. The first-order chi connectivity index (χ1) is 11.0. The zero-order valence-electron chi connectivity index (χ0n) is 12.3. The van der Waals surface area contributed by atoms with E-state index in [-0.39, 0.29) is 11.6 Å². The van der Waals surface area contributed by atoms with E-state index in [1.807, 2.05) is 0 Å². The van der Waals surface area contributed by atoms with Crippen LogP contribution in [0.25, 0.3) is 22.6 Å². The zero-order valence-corrected chi connectivity index (χ0v) is 13.1. The van der Waals surface area contributed by atoms with Crippen LogP contribution in [-0.4, -0.2) is 13.7 Å². The molecule has 3 rings (SSSR count). The van der Waals surface area contributed by atoms with Gasteiger partial charge < -0.3 is 8.97 Å². The van der Waals surface area contributed by atoms with Crippen molar-refractivity contribution in [1.29, 1.82) is 0 Å². The van der Waals surface area contributed by atoms with Crippen molar-refractivity contribution in [2.75, 3.05) is 0 Å². The summed E-state index contributed by atoms with van der Waals surface area (Å²) in [7, 11) is 0. The summed E-state index contributed by atoms with van der Waals surface area (Å²) < 4.78 is 40.2. The van der Waals surface area contributed by atoms with E-state index in [0.29, 0.717) is 22.9 Å². The number of aromatic nitrogens is 1. The molecule has 3 aromatic rings. The average Bonchev–Trinajstić information content (AvgIpc) is 2.90. The van der Waals surface area contributed by atoms with Crippen LogP contribution >= 0.6 is 0 Å². The lowest BCUT2D eigenvalue weighted by Gasteiger charge is -2.06. The van der Waals surface area contributed by atoms with Gasteiger partial charge in [0.15, 0.2) is 11.7 Å². The smallest absolute Gasteiger partial charge is 0.192 e. The van der Waals surface area contributed by atoms with Crippen LogP contribution in [0.4, 0.5) is 4.39 Å². The average molecular weight is 330 g/mol. The van der Waals surface area contributed by atoms with Crippen molar-refractivity contribution >= 4 is 11.1 Å². The molecule has 0 spiro atoms. The second-order valence-electron chi connectivity index (χ2n) is 5.06. The van der Waals surface area contributed by atoms with Crippen molar-refractivity contribution in [2.45, 2.75) is 12.7 Å². The van der Waals surface area contributed by atoms with Crippen molar-refractivity contribution in [2.24, 2.45) is 0 Å². The highest BCUT2D eigenvalue weighted by atomic mass is 32.2. The molecule has 1 atom stereocenters. The van der Waals surface area contributed by atoms with E-state index < -0.39 is 11.1 Å². The molecular weight excluding hydrogens is 317 g/mol. The van der Waals surface area contributed by atoms with Crippen LogP contribution in [0.15, 0.2) is 52.9 Å². The maximum absolute atomic E-state index is 13.1. The van der Waals surface area contributed by atoms with Crippen molar-refractivity contribution < 1.29 is 17.6 Å². The topological polar surface area (TPSA) is 66.2 Å². The van der Waals surface area contributed by atoms with E-state index in [4.69, 9.17) is 4.42 Å². The SMILES string of the molecule is Cc1nc(-c2ccc(F)cc2)c(-c2ccc(CS(=O)[O-])cc2)o1. The second-order valence-corrected chi connectivity index (χ2v) is 5.96. The Balaban J connectivity index is 2.00. The fourth-order valence-corrected chi connectivity index (χ4v) is 2.78. The molecule has 118 valence electrons. The minimum absolute atomic E-state index is 0.0273. The van der Waals surface area contributed by atoms with Gasteiger partial charge in [0.05, 0.1) is 0 Å². The number of oxazole rings is 1. The number of nitrogens with zero attached hydrogens (tertiary/aromatic N) is 1. The summed E-state index contributed by atoms with van der Waals surface area (Å²) >= 11 is -2.12. The number of hydrogen-bond acceptors (Lipinski definition) is 4. The fourth-order valence-electron chi connectivity index (χ4n) is 2.31. The van der Waals surface area contributed by atoms with E-state index >= 15 is 0 Å². The van der Waals surface area contributed by atoms with Crippen LogP contribution in [0.3, 0.4) is 0 Å². The van der Waals surface area contributed by atoms with Gasteiger partial charge >= 0.3 is 0 Å². The summed E-state index contributed by atoms with van der Waals surface area (Å²) in [4.78, 5) is 4.37. The molecule has 2 aromatic carbocycles. The third kappa shape index (κ3) is 3.55. The highest BCUT2D eigenvalue weighted by molar-refractivity contribution is 7.78. The summed E-state index contributed by atoms with van der Waals surface area (Å²) in [5.74, 6) is 0.735. The van der Waals surface area contributed by atoms with Crippen molar-refractivity contribution in [3.63, 3.8) is 0 Å². The third-order valence-corrected chi connectivity index (χ3v) is 3.92. The van der Waals surface area contributed by atoms with Crippen molar-refractivity contribution in [3.8, 4) is 22.6 Å². The number of aryl methyl sites for hydroxylation is 1. The highest BCUT2D eigenvalue weighted by Gasteiger charge is 2.15. The van der Waals surface area contributed by atoms with Gasteiger partial charge in [-0.3, -0.25) is 4.21 Å². The Kier molecular flexibility index (Phi) is 4.36. The van der Waals surface area contributed by atoms with E-state index in [1.165, 1.54) is 12.1 Å². The molecule has 0 N–H and O–H groups in total. The van der Waals surface area contributed by atoms with Gasteiger partial charge in [-0.2, -0.15) is 0 Å². The van der Waals surface area contributed by atoms with Crippen LogP contribution in [0.5, 0.6) is 0 Å². The van der Waals surface area contributed by atoms with Gasteiger partial charge in [-0.25, -0.2) is 9.37 Å². The maximum Gasteiger partial charge on any atom is 0.192 e. The minimum Gasteiger partial charge on any atom is -0.772 e. The predicted octanol–water partition coefficient (Wildman–Crippen LogP) is 3.84. The fraction of sp³-hybridized carbons (Fsp3) is 0.118. The standard InChI is InChI=1S/C17H14FNO3S/c1-11-19-16(13-6-8-15(18)9-7-13)17(22-11)14-4-2-12(3-5-14)10-23(20)21/h2-9H,10H2,1H3,(H,20,21)/p-1. The molecule has 0 saturated carbocycles. The first-order valence-electron chi connectivity index (χ1n) is 6.91. The summed E-state index contributed by atoms with van der Waals surface area (Å²) in [6.07, 6.45) is 0. The second kappa shape index (κ2) is 6.44. The Bertz CT molecular complexity index is 841. The predicted molar refractivity (Wildman–Crippen MR) is 84.7 cm³/mol. The van der Waals surface area contributed by atoms with Crippen LogP contribution in [-0.2, 0) is 16.8 Å². The minimum atomic E-state index is -2.12. The van der Waals surface area contributed by atoms with Crippen LogP contribution in [0.1, 0.15) is 11.5 Å². The first kappa shape index (κ1) is 15.6. The number of rotatable bonds is 4. The molecule has 0 aliphatic rings. The van der Waals surface area contributed by atoms with Crippen LogP contribution < -0.4 is 0 Å². The molecule has 0 radical (unpaired) electrons. The van der Waals surface area contributed by atoms with E-state index in [9.17, 15) is 13.2 Å². The van der Waals surface area contributed by atoms with E-state index in [1.54, 1.807) is 43.3 Å². The Morgan fingerprint density at radius 1 is 1.09 bits per heavy atom. The zero-order chi connectivity index (χ0) is 16.4. The number of benzene rings is 2. The lowest BCUT2D eigenvalue weighted by molar-refractivity contribution is 0.534. The lowest BCUT2D eigenvalue weighted by Crippen LogP contribution is -1.93. The molecule has 0 bridgehead atoms. The van der Waals surface area contributed by atoms with Gasteiger partial charge in [0.25, 0.3) is 0 Å². The van der Waals surface area contributed by atoms with Gasteiger partial charge in [-0.15, -0.1) is 0 Å². The molecule has 0 amide bonds. The molecule has 0 aliphatic carbocycles. The molecule has 0 saturated heterocycles. The normalized spacial score (nSPS) is 12.3. The largest absolute Gasteiger partial charge is 0.772 e. The summed E-state index contributed by atoms with van der Waals surface area (Å²) in [6, 6.07) is 13.1. The Morgan fingerprint density at radius 3 is 2.30 bits per heavy atom. The Morgan fingerprint density at radius 2 is 1.70 bits per heavy atom. The summed E-state index contributed by atoms with van der Waals surface area (Å²) in [6.45, 7) is 1.74. The molecule has 0 fully saturated rings. The molecule has 4 nitrogen and oxygen atoms in total. The van der Waals surface area contributed by atoms with E-state index in [2.05, 4.69) is 4.98 Å². The molecule has 1 aromatic heterocycles. The monoisotopic (exact) mass is 330 g/mol. The van der Waals surface area contributed by atoms with Crippen molar-refractivity contribution in [1.82, 2.24) is 4.98 Å². The molecule has 23 heavy (non-hydrogen) atoms. The Hall–Kier alpha value is -2.31. The van der Waals surface area contributed by atoms with Gasteiger partial charge in [0, 0.05) is 23.8 Å². The number of hydrogen-bond donors (Lipinski definition) is 0. The molecular formula is C17H13FNO3S-. The van der Waals surface area contributed by atoms with E-state index in [0.717, 1.165) is 11.1 Å².